The van der Waals surface area contributed by atoms with Gasteiger partial charge in [-0.05, 0) is 24.6 Å². The average molecular weight is 310 g/mol. The SMILES string of the molecule is CCCOc1cncc(C(O)Cc2c(F)cccc2Cl)c1. The molecule has 0 saturated heterocycles. The number of ether oxygens (including phenoxy) is 1. The molecule has 2 aromatic rings. The fourth-order valence-corrected chi connectivity index (χ4v) is 2.20. The molecule has 0 aliphatic heterocycles. The molecule has 1 aromatic carbocycles. The number of aromatic nitrogens is 1. The van der Waals surface area contributed by atoms with E-state index in [2.05, 4.69) is 4.98 Å². The van der Waals surface area contributed by atoms with E-state index in [9.17, 15) is 9.50 Å². The van der Waals surface area contributed by atoms with Crippen LogP contribution in [0.5, 0.6) is 5.75 Å². The molecule has 2 rings (SSSR count). The van der Waals surface area contributed by atoms with Crippen LogP contribution in [0.1, 0.15) is 30.6 Å². The summed E-state index contributed by atoms with van der Waals surface area (Å²) in [5, 5.41) is 10.6. The van der Waals surface area contributed by atoms with Crippen LogP contribution in [0.15, 0.2) is 36.7 Å². The molecule has 0 saturated carbocycles. The molecule has 0 fully saturated rings. The van der Waals surface area contributed by atoms with Crippen LogP contribution < -0.4 is 4.74 Å². The lowest BCUT2D eigenvalue weighted by Gasteiger charge is -2.14. The molecule has 0 aliphatic rings. The van der Waals surface area contributed by atoms with Gasteiger partial charge >= 0.3 is 0 Å². The van der Waals surface area contributed by atoms with Crippen molar-refractivity contribution in [3.63, 3.8) is 0 Å². The van der Waals surface area contributed by atoms with E-state index in [0.29, 0.717) is 28.5 Å². The maximum absolute atomic E-state index is 13.7. The molecule has 0 radical (unpaired) electrons. The molecule has 3 nitrogen and oxygen atoms in total. The Morgan fingerprint density at radius 2 is 2.19 bits per heavy atom. The molecule has 0 bridgehead atoms. The molecule has 5 heteroatoms. The van der Waals surface area contributed by atoms with E-state index in [1.807, 2.05) is 6.92 Å². The highest BCUT2D eigenvalue weighted by atomic mass is 35.5. The lowest BCUT2D eigenvalue weighted by Crippen LogP contribution is -2.05. The van der Waals surface area contributed by atoms with Crippen LogP contribution in [0.4, 0.5) is 4.39 Å². The molecule has 1 unspecified atom stereocenters. The Kier molecular flexibility index (Phi) is 5.53. The highest BCUT2D eigenvalue weighted by Crippen LogP contribution is 2.26. The zero-order valence-corrected chi connectivity index (χ0v) is 12.5. The fraction of sp³-hybridized carbons (Fsp3) is 0.312. The van der Waals surface area contributed by atoms with Crippen LogP contribution >= 0.6 is 11.6 Å². The maximum atomic E-state index is 13.7. The van der Waals surface area contributed by atoms with Gasteiger partial charge in [-0.3, -0.25) is 4.98 Å². The lowest BCUT2D eigenvalue weighted by molar-refractivity contribution is 0.176. The molecule has 21 heavy (non-hydrogen) atoms. The van der Waals surface area contributed by atoms with Crippen molar-refractivity contribution < 1.29 is 14.2 Å². The Bertz CT molecular complexity index is 586. The summed E-state index contributed by atoms with van der Waals surface area (Å²) in [5.41, 5.74) is 0.870. The van der Waals surface area contributed by atoms with Crippen molar-refractivity contribution >= 4 is 11.6 Å². The number of hydrogen-bond donors (Lipinski definition) is 1. The van der Waals surface area contributed by atoms with Crippen molar-refractivity contribution in [2.75, 3.05) is 6.61 Å². The van der Waals surface area contributed by atoms with E-state index in [-0.39, 0.29) is 6.42 Å². The second-order valence-electron chi connectivity index (χ2n) is 4.72. The van der Waals surface area contributed by atoms with Gasteiger partial charge < -0.3 is 9.84 Å². The van der Waals surface area contributed by atoms with Gasteiger partial charge in [-0.2, -0.15) is 0 Å². The van der Waals surface area contributed by atoms with E-state index in [1.165, 1.54) is 18.3 Å². The van der Waals surface area contributed by atoms with Crippen molar-refractivity contribution in [1.29, 1.82) is 0 Å². The van der Waals surface area contributed by atoms with Gasteiger partial charge in [0.05, 0.1) is 18.9 Å². The zero-order chi connectivity index (χ0) is 15.2. The van der Waals surface area contributed by atoms with Crippen molar-refractivity contribution in [1.82, 2.24) is 4.98 Å². The second kappa shape index (κ2) is 7.38. The van der Waals surface area contributed by atoms with E-state index in [4.69, 9.17) is 16.3 Å². The highest BCUT2D eigenvalue weighted by Gasteiger charge is 2.15. The monoisotopic (exact) mass is 309 g/mol. The minimum atomic E-state index is -0.892. The Hall–Kier alpha value is -1.65. The smallest absolute Gasteiger partial charge is 0.137 e. The van der Waals surface area contributed by atoms with Gasteiger partial charge in [0.15, 0.2) is 0 Å². The quantitative estimate of drug-likeness (QED) is 0.879. The first-order chi connectivity index (χ1) is 10.1. The van der Waals surface area contributed by atoms with Gasteiger partial charge in [-0.15, -0.1) is 0 Å². The molecular weight excluding hydrogens is 293 g/mol. The fourth-order valence-electron chi connectivity index (χ4n) is 1.96. The van der Waals surface area contributed by atoms with Crippen LogP contribution in [0, 0.1) is 5.82 Å². The average Bonchev–Trinajstić information content (AvgIpc) is 2.49. The summed E-state index contributed by atoms with van der Waals surface area (Å²) in [4.78, 5) is 4.03. The number of hydrogen-bond acceptors (Lipinski definition) is 3. The molecule has 1 heterocycles. The summed E-state index contributed by atoms with van der Waals surface area (Å²) >= 11 is 5.97. The summed E-state index contributed by atoms with van der Waals surface area (Å²) in [6, 6.07) is 6.18. The first-order valence-corrected chi connectivity index (χ1v) is 7.18. The molecule has 0 spiro atoms. The van der Waals surface area contributed by atoms with E-state index >= 15 is 0 Å². The Morgan fingerprint density at radius 3 is 2.90 bits per heavy atom. The molecule has 1 N–H and O–H groups in total. The predicted octanol–water partition coefficient (Wildman–Crippen LogP) is 3.94. The van der Waals surface area contributed by atoms with Gasteiger partial charge in [0.1, 0.15) is 11.6 Å². The largest absolute Gasteiger partial charge is 0.492 e. The van der Waals surface area contributed by atoms with Crippen LogP contribution in [-0.2, 0) is 6.42 Å². The first-order valence-electron chi connectivity index (χ1n) is 6.80. The number of aliphatic hydroxyl groups excluding tert-OH is 1. The molecule has 0 amide bonds. The Labute approximate surface area is 128 Å². The van der Waals surface area contributed by atoms with Crippen molar-refractivity contribution in [3.05, 3.63) is 58.6 Å². The number of halogens is 2. The third-order valence-electron chi connectivity index (χ3n) is 3.05. The number of benzene rings is 1. The molecule has 1 atom stereocenters. The van der Waals surface area contributed by atoms with Crippen molar-refractivity contribution in [3.8, 4) is 5.75 Å². The topological polar surface area (TPSA) is 42.4 Å². The van der Waals surface area contributed by atoms with Crippen molar-refractivity contribution in [2.24, 2.45) is 0 Å². The number of aliphatic hydroxyl groups is 1. The predicted molar refractivity (Wildman–Crippen MR) is 80.1 cm³/mol. The summed E-state index contributed by atoms with van der Waals surface area (Å²) in [5.74, 6) is 0.168. The minimum absolute atomic E-state index is 0.0877. The van der Waals surface area contributed by atoms with Crippen molar-refractivity contribution in [2.45, 2.75) is 25.9 Å². The van der Waals surface area contributed by atoms with Gasteiger partial charge in [0, 0.05) is 28.8 Å². The van der Waals surface area contributed by atoms with Crippen LogP contribution in [0.3, 0.4) is 0 Å². The summed E-state index contributed by atoms with van der Waals surface area (Å²) < 4.78 is 19.2. The number of pyridine rings is 1. The molecule has 112 valence electrons. The Morgan fingerprint density at radius 1 is 1.38 bits per heavy atom. The summed E-state index contributed by atoms with van der Waals surface area (Å²) in [7, 11) is 0. The minimum Gasteiger partial charge on any atom is -0.492 e. The van der Waals surface area contributed by atoms with Gasteiger partial charge in [-0.25, -0.2) is 4.39 Å². The van der Waals surface area contributed by atoms with Gasteiger partial charge in [0.2, 0.25) is 0 Å². The standard InChI is InChI=1S/C16H17ClFNO2/c1-2-6-21-12-7-11(9-19-10-12)16(20)8-13-14(17)4-3-5-15(13)18/h3-5,7,9-10,16,20H,2,6,8H2,1H3. The lowest BCUT2D eigenvalue weighted by atomic mass is 10.0. The molecule has 0 aliphatic carbocycles. The molecule has 1 aromatic heterocycles. The number of rotatable bonds is 6. The second-order valence-corrected chi connectivity index (χ2v) is 5.13. The van der Waals surface area contributed by atoms with Gasteiger partial charge in [-0.1, -0.05) is 24.6 Å². The third-order valence-corrected chi connectivity index (χ3v) is 3.41. The zero-order valence-electron chi connectivity index (χ0n) is 11.7. The maximum Gasteiger partial charge on any atom is 0.137 e. The third kappa shape index (κ3) is 4.16. The van der Waals surface area contributed by atoms with E-state index in [1.54, 1.807) is 18.3 Å². The normalized spacial score (nSPS) is 12.2. The summed E-state index contributed by atoms with van der Waals surface area (Å²) in [6.45, 7) is 2.59. The van der Waals surface area contributed by atoms with E-state index in [0.717, 1.165) is 6.42 Å². The van der Waals surface area contributed by atoms with Crippen LogP contribution in [-0.4, -0.2) is 16.7 Å². The highest BCUT2D eigenvalue weighted by molar-refractivity contribution is 6.31. The summed E-state index contributed by atoms with van der Waals surface area (Å²) in [6.07, 6.45) is 3.21. The number of nitrogens with zero attached hydrogens (tertiary/aromatic N) is 1. The first kappa shape index (κ1) is 15.7. The van der Waals surface area contributed by atoms with Gasteiger partial charge in [0.25, 0.3) is 0 Å². The van der Waals surface area contributed by atoms with Crippen LogP contribution in [0.2, 0.25) is 5.02 Å². The van der Waals surface area contributed by atoms with E-state index < -0.39 is 11.9 Å². The molecular formula is C16H17ClFNO2. The Balaban J connectivity index is 2.14. The van der Waals surface area contributed by atoms with Crippen LogP contribution in [0.25, 0.3) is 0 Å².